The lowest BCUT2D eigenvalue weighted by atomic mass is 10.0. The number of carbonyl (C=O) groups excluding carboxylic acids is 2. The maximum absolute atomic E-state index is 12.8. The van der Waals surface area contributed by atoms with Crippen molar-refractivity contribution in [3.05, 3.63) is 53.1 Å². The molecule has 0 saturated heterocycles. The van der Waals surface area contributed by atoms with Gasteiger partial charge in [-0.2, -0.15) is 5.10 Å². The molecular weight excluding hydrogens is 279 g/mol. The number of ketones is 2. The Kier molecular flexibility index (Phi) is 4.22. The van der Waals surface area contributed by atoms with Gasteiger partial charge in [-0.15, -0.1) is 0 Å². The predicted molar refractivity (Wildman–Crippen MR) is 69.4 cm³/mol. The van der Waals surface area contributed by atoms with Crippen LogP contribution in [0, 0.1) is 5.82 Å². The number of carbonyl (C=O) groups is 3. The van der Waals surface area contributed by atoms with Crippen LogP contribution in [0.25, 0.3) is 0 Å². The molecule has 6 nitrogen and oxygen atoms in total. The number of H-pyrrole nitrogens is 1. The minimum atomic E-state index is -1.65. The van der Waals surface area contributed by atoms with Crippen LogP contribution in [-0.4, -0.2) is 32.8 Å². The molecule has 2 N–H and O–H groups in total. The molecule has 0 radical (unpaired) electrons. The summed E-state index contributed by atoms with van der Waals surface area (Å²) < 4.78 is 12.8. The standard InChI is InChI=1S/C14H11FN2O4/c15-10-3-1-8(2-4-10)5-9-7-16-17-13(9)11(18)6-12(19)14(20)21/h1-4,7H,5-6H2,(H,16,17)(H,20,21). The summed E-state index contributed by atoms with van der Waals surface area (Å²) in [5, 5.41) is 14.7. The van der Waals surface area contributed by atoms with Crippen molar-refractivity contribution in [2.75, 3.05) is 0 Å². The molecule has 0 aliphatic rings. The minimum absolute atomic E-state index is 0.0916. The lowest BCUT2D eigenvalue weighted by molar-refractivity contribution is -0.148. The van der Waals surface area contributed by atoms with E-state index >= 15 is 0 Å². The van der Waals surface area contributed by atoms with Gasteiger partial charge in [-0.25, -0.2) is 9.18 Å². The number of Topliss-reactive ketones (excluding diaryl/α,β-unsaturated/α-hetero) is 2. The molecule has 0 bridgehead atoms. The number of benzene rings is 1. The molecule has 108 valence electrons. The summed E-state index contributed by atoms with van der Waals surface area (Å²) in [6.07, 6.45) is 1.01. The number of carboxylic acids is 1. The first-order chi connectivity index (χ1) is 9.97. The fourth-order valence-electron chi connectivity index (χ4n) is 1.82. The van der Waals surface area contributed by atoms with Crippen LogP contribution in [0.3, 0.4) is 0 Å². The number of aromatic amines is 1. The SMILES string of the molecule is O=C(O)C(=O)CC(=O)c1[nH]ncc1Cc1ccc(F)cc1. The zero-order valence-electron chi connectivity index (χ0n) is 10.8. The molecule has 1 aromatic heterocycles. The fourth-order valence-corrected chi connectivity index (χ4v) is 1.82. The Bertz CT molecular complexity index is 691. The zero-order valence-corrected chi connectivity index (χ0v) is 10.8. The Morgan fingerprint density at radius 2 is 1.86 bits per heavy atom. The van der Waals surface area contributed by atoms with Gasteiger partial charge in [0.25, 0.3) is 0 Å². The highest BCUT2D eigenvalue weighted by atomic mass is 19.1. The summed E-state index contributed by atoms with van der Waals surface area (Å²) in [5.41, 5.74) is 1.37. The molecule has 0 amide bonds. The molecule has 0 aliphatic carbocycles. The molecule has 7 heteroatoms. The zero-order chi connectivity index (χ0) is 15.4. The van der Waals surface area contributed by atoms with Crippen molar-refractivity contribution in [2.45, 2.75) is 12.8 Å². The maximum atomic E-state index is 12.8. The van der Waals surface area contributed by atoms with E-state index in [1.54, 1.807) is 12.1 Å². The Hall–Kier alpha value is -2.83. The van der Waals surface area contributed by atoms with Crippen molar-refractivity contribution in [3.8, 4) is 0 Å². The molecule has 0 unspecified atom stereocenters. The van der Waals surface area contributed by atoms with Crippen LogP contribution in [-0.2, 0) is 16.0 Å². The molecular formula is C14H11FN2O4. The van der Waals surface area contributed by atoms with Crippen molar-refractivity contribution in [2.24, 2.45) is 0 Å². The fraction of sp³-hybridized carbons (Fsp3) is 0.143. The number of nitrogens with one attached hydrogen (secondary N) is 1. The van der Waals surface area contributed by atoms with Crippen molar-refractivity contribution >= 4 is 17.5 Å². The number of carboxylic acid groups (broad SMARTS) is 1. The van der Waals surface area contributed by atoms with Crippen LogP contribution < -0.4 is 0 Å². The Morgan fingerprint density at radius 1 is 1.19 bits per heavy atom. The van der Waals surface area contributed by atoms with Gasteiger partial charge >= 0.3 is 5.97 Å². The summed E-state index contributed by atoms with van der Waals surface area (Å²) in [7, 11) is 0. The van der Waals surface area contributed by atoms with Gasteiger partial charge in [0.1, 0.15) is 11.5 Å². The van der Waals surface area contributed by atoms with Gasteiger partial charge in [-0.1, -0.05) is 12.1 Å². The summed E-state index contributed by atoms with van der Waals surface area (Å²) >= 11 is 0. The third kappa shape index (κ3) is 3.59. The molecule has 0 spiro atoms. The van der Waals surface area contributed by atoms with Crippen LogP contribution in [0.2, 0.25) is 0 Å². The molecule has 2 rings (SSSR count). The van der Waals surface area contributed by atoms with E-state index in [-0.39, 0.29) is 11.5 Å². The molecule has 0 aliphatic heterocycles. The van der Waals surface area contributed by atoms with E-state index in [9.17, 15) is 18.8 Å². The first-order valence-electron chi connectivity index (χ1n) is 6.03. The Labute approximate surface area is 118 Å². The second kappa shape index (κ2) is 6.08. The van der Waals surface area contributed by atoms with Crippen LogP contribution in [0.1, 0.15) is 28.0 Å². The predicted octanol–water partition coefficient (Wildman–Crippen LogP) is 1.37. The van der Waals surface area contributed by atoms with Crippen LogP contribution in [0.15, 0.2) is 30.5 Å². The third-order valence-corrected chi connectivity index (χ3v) is 2.86. The number of hydrogen-bond acceptors (Lipinski definition) is 4. The molecule has 0 atom stereocenters. The lowest BCUT2D eigenvalue weighted by Gasteiger charge is -2.02. The Balaban J connectivity index is 2.14. The van der Waals surface area contributed by atoms with Gasteiger partial charge in [0.05, 0.1) is 12.6 Å². The average Bonchev–Trinajstić information content (AvgIpc) is 2.89. The van der Waals surface area contributed by atoms with Crippen molar-refractivity contribution in [1.29, 1.82) is 0 Å². The number of halogens is 1. The first kappa shape index (κ1) is 14.6. The van der Waals surface area contributed by atoms with Crippen LogP contribution in [0.5, 0.6) is 0 Å². The van der Waals surface area contributed by atoms with E-state index in [0.717, 1.165) is 5.56 Å². The highest BCUT2D eigenvalue weighted by Crippen LogP contribution is 2.14. The Morgan fingerprint density at radius 3 is 2.48 bits per heavy atom. The smallest absolute Gasteiger partial charge is 0.372 e. The molecule has 1 aromatic carbocycles. The summed E-state index contributed by atoms with van der Waals surface area (Å²) in [6.45, 7) is 0. The van der Waals surface area contributed by atoms with Crippen molar-refractivity contribution in [3.63, 3.8) is 0 Å². The highest BCUT2D eigenvalue weighted by molar-refractivity contribution is 6.37. The van der Waals surface area contributed by atoms with Crippen molar-refractivity contribution < 1.29 is 23.9 Å². The average molecular weight is 290 g/mol. The number of aromatic nitrogens is 2. The van der Waals surface area contributed by atoms with Crippen molar-refractivity contribution in [1.82, 2.24) is 10.2 Å². The number of hydrogen-bond donors (Lipinski definition) is 2. The quantitative estimate of drug-likeness (QED) is 0.475. The normalized spacial score (nSPS) is 10.3. The van der Waals surface area contributed by atoms with Crippen LogP contribution in [0.4, 0.5) is 4.39 Å². The van der Waals surface area contributed by atoms with E-state index in [1.807, 2.05) is 0 Å². The topological polar surface area (TPSA) is 100 Å². The summed E-state index contributed by atoms with van der Waals surface area (Å²) in [4.78, 5) is 33.4. The number of nitrogens with zero attached hydrogens (tertiary/aromatic N) is 1. The van der Waals surface area contributed by atoms with Gasteiger partial charge in [0.2, 0.25) is 5.78 Å². The van der Waals surface area contributed by atoms with Gasteiger partial charge in [-0.3, -0.25) is 14.7 Å². The highest BCUT2D eigenvalue weighted by Gasteiger charge is 2.21. The molecule has 21 heavy (non-hydrogen) atoms. The van der Waals surface area contributed by atoms with E-state index in [4.69, 9.17) is 5.11 Å². The minimum Gasteiger partial charge on any atom is -0.475 e. The molecule has 2 aromatic rings. The second-order valence-electron chi connectivity index (χ2n) is 4.40. The molecule has 0 fully saturated rings. The van der Waals surface area contributed by atoms with Crippen LogP contribution >= 0.6 is 0 Å². The number of aliphatic carboxylic acids is 1. The first-order valence-corrected chi connectivity index (χ1v) is 6.03. The van der Waals surface area contributed by atoms with E-state index < -0.39 is 24.0 Å². The number of rotatable bonds is 6. The van der Waals surface area contributed by atoms with Gasteiger partial charge in [0.15, 0.2) is 5.78 Å². The van der Waals surface area contributed by atoms with E-state index in [1.165, 1.54) is 18.3 Å². The van der Waals surface area contributed by atoms with E-state index in [2.05, 4.69) is 10.2 Å². The third-order valence-electron chi connectivity index (χ3n) is 2.86. The summed E-state index contributed by atoms with van der Waals surface area (Å²) in [5.74, 6) is -3.84. The lowest BCUT2D eigenvalue weighted by Crippen LogP contribution is -2.18. The maximum Gasteiger partial charge on any atom is 0.372 e. The van der Waals surface area contributed by atoms with E-state index in [0.29, 0.717) is 12.0 Å². The van der Waals surface area contributed by atoms with Gasteiger partial charge in [0, 0.05) is 12.0 Å². The molecule has 0 saturated carbocycles. The van der Waals surface area contributed by atoms with Gasteiger partial charge in [-0.05, 0) is 17.7 Å². The summed E-state index contributed by atoms with van der Waals surface area (Å²) in [6, 6.07) is 5.73. The molecule has 1 heterocycles. The van der Waals surface area contributed by atoms with Gasteiger partial charge < -0.3 is 5.11 Å². The largest absolute Gasteiger partial charge is 0.475 e. The monoisotopic (exact) mass is 290 g/mol. The second-order valence-corrected chi connectivity index (χ2v) is 4.40.